The third-order valence-corrected chi connectivity index (χ3v) is 7.11. The van der Waals surface area contributed by atoms with E-state index >= 15 is 0 Å². The molecule has 2 N–H and O–H groups in total. The normalized spacial score (nSPS) is 20.4. The van der Waals surface area contributed by atoms with Gasteiger partial charge in [0.2, 0.25) is 0 Å². The molecule has 2 atom stereocenters. The first-order valence-electron chi connectivity index (χ1n) is 10.6. The monoisotopic (exact) mass is 434 g/mol. The van der Waals surface area contributed by atoms with Gasteiger partial charge in [-0.2, -0.15) is 5.26 Å². The van der Waals surface area contributed by atoms with E-state index in [-0.39, 0.29) is 16.8 Å². The molecule has 0 amide bonds. The highest BCUT2D eigenvalue weighted by Gasteiger charge is 2.42. The van der Waals surface area contributed by atoms with Crippen LogP contribution in [0.1, 0.15) is 69.6 Å². The molecule has 0 fully saturated rings. The van der Waals surface area contributed by atoms with Crippen LogP contribution >= 0.6 is 11.8 Å². The number of hydrogen-bond acceptors (Lipinski definition) is 6. The van der Waals surface area contributed by atoms with Crippen LogP contribution < -0.4 is 10.9 Å². The second kappa shape index (κ2) is 8.01. The number of allylic oxidation sites excluding steroid dienone is 2. The van der Waals surface area contributed by atoms with Gasteiger partial charge in [0.1, 0.15) is 5.82 Å². The van der Waals surface area contributed by atoms with Gasteiger partial charge >= 0.3 is 0 Å². The third-order valence-electron chi connectivity index (χ3n) is 5.96. The van der Waals surface area contributed by atoms with Gasteiger partial charge in [-0.3, -0.25) is 9.59 Å². The van der Waals surface area contributed by atoms with Crippen molar-refractivity contribution in [1.82, 2.24) is 9.97 Å². The summed E-state index contributed by atoms with van der Waals surface area (Å²) in [5.41, 5.74) is 2.91. The summed E-state index contributed by atoms with van der Waals surface area (Å²) in [5.74, 6) is 0.0749. The van der Waals surface area contributed by atoms with Crippen molar-refractivity contribution >= 4 is 23.4 Å². The van der Waals surface area contributed by atoms with Gasteiger partial charge in [-0.25, -0.2) is 4.98 Å². The molecule has 0 unspecified atom stereocenters. The fourth-order valence-corrected chi connectivity index (χ4v) is 5.15. The Balaban J connectivity index is 1.90. The minimum absolute atomic E-state index is 0.0521. The smallest absolute Gasteiger partial charge is 0.257 e. The number of aromatic amines is 1. The molecule has 1 aromatic carbocycles. The zero-order chi connectivity index (χ0) is 22.3. The molecule has 2 aliphatic rings. The molecule has 4 rings (SSSR count). The highest BCUT2D eigenvalue weighted by molar-refractivity contribution is 7.99. The maximum absolute atomic E-state index is 13.2. The Labute approximate surface area is 186 Å². The van der Waals surface area contributed by atoms with Crippen LogP contribution in [0.15, 0.2) is 45.5 Å². The summed E-state index contributed by atoms with van der Waals surface area (Å²) in [5, 5.41) is 13.4. The van der Waals surface area contributed by atoms with E-state index in [0.29, 0.717) is 45.8 Å². The first kappa shape index (κ1) is 21.4. The fourth-order valence-electron chi connectivity index (χ4n) is 4.31. The van der Waals surface area contributed by atoms with Crippen molar-refractivity contribution in [3.05, 3.63) is 62.6 Å². The van der Waals surface area contributed by atoms with Crippen molar-refractivity contribution < 1.29 is 4.79 Å². The number of carbonyl (C=O) groups is 1. The second-order valence-corrected chi connectivity index (χ2v) is 10.5. The fraction of sp³-hybridized carbons (Fsp3) is 0.417. The van der Waals surface area contributed by atoms with Crippen LogP contribution in [0.2, 0.25) is 0 Å². The standard InChI is InChI=1S/C24H26N4O2S/c1-5-13(2)31-23-27-21-20(22(30)28-23)18(15-8-6-14(12-25)7-9-15)19-16(26-21)10-24(3,4)11-17(19)29/h6-9,13,18H,5,10-11H2,1-4H3,(H2,26,27,28,30)/t13-,18+/m1/s1. The Kier molecular flexibility index (Phi) is 5.52. The highest BCUT2D eigenvalue weighted by Crippen LogP contribution is 2.47. The summed E-state index contributed by atoms with van der Waals surface area (Å²) in [4.78, 5) is 34.1. The van der Waals surface area contributed by atoms with E-state index in [0.717, 1.165) is 17.7 Å². The van der Waals surface area contributed by atoms with Gasteiger partial charge in [0.15, 0.2) is 10.9 Å². The molecular formula is C24H26N4O2S. The molecule has 160 valence electrons. The summed E-state index contributed by atoms with van der Waals surface area (Å²) in [6.07, 6.45) is 2.11. The SMILES string of the molecule is CC[C@@H](C)Sc1nc2c(c(=O)[nH]1)[C@@H](c1ccc(C#N)cc1)C1=C(CC(C)(C)CC1=O)N2. The van der Waals surface area contributed by atoms with E-state index in [2.05, 4.69) is 44.1 Å². The zero-order valence-corrected chi connectivity index (χ0v) is 19.0. The number of ketones is 1. The molecule has 7 heteroatoms. The van der Waals surface area contributed by atoms with E-state index in [4.69, 9.17) is 10.2 Å². The molecule has 0 radical (unpaired) electrons. The number of Topliss-reactive ketones (excluding diaryl/α,β-unsaturated/α-hetero) is 1. The van der Waals surface area contributed by atoms with Gasteiger partial charge in [-0.1, -0.05) is 51.6 Å². The molecule has 0 saturated carbocycles. The van der Waals surface area contributed by atoms with E-state index in [1.54, 1.807) is 12.1 Å². The molecule has 6 nitrogen and oxygen atoms in total. The molecule has 0 bridgehead atoms. The van der Waals surface area contributed by atoms with Crippen molar-refractivity contribution in [1.29, 1.82) is 5.26 Å². The van der Waals surface area contributed by atoms with Crippen molar-refractivity contribution in [2.45, 2.75) is 63.3 Å². The lowest BCUT2D eigenvalue weighted by Gasteiger charge is -2.38. The number of benzene rings is 1. The van der Waals surface area contributed by atoms with E-state index in [1.807, 2.05) is 12.1 Å². The van der Waals surface area contributed by atoms with Crippen molar-refractivity contribution in [3.63, 3.8) is 0 Å². The summed E-state index contributed by atoms with van der Waals surface area (Å²) in [6.45, 7) is 8.36. The van der Waals surface area contributed by atoms with Crippen molar-refractivity contribution in [3.8, 4) is 6.07 Å². The van der Waals surface area contributed by atoms with Crippen LogP contribution in [-0.2, 0) is 4.79 Å². The summed E-state index contributed by atoms with van der Waals surface area (Å²) >= 11 is 1.54. The lowest BCUT2D eigenvalue weighted by Crippen LogP contribution is -2.37. The number of nitrogens with zero attached hydrogens (tertiary/aromatic N) is 2. The van der Waals surface area contributed by atoms with Gasteiger partial charge in [0.05, 0.1) is 17.2 Å². The number of nitrogens with one attached hydrogen (secondary N) is 2. The number of hydrogen-bond donors (Lipinski definition) is 2. The van der Waals surface area contributed by atoms with E-state index in [9.17, 15) is 9.59 Å². The average Bonchev–Trinajstić information content (AvgIpc) is 2.71. The molecule has 1 aromatic heterocycles. The topological polar surface area (TPSA) is 98.6 Å². The Bertz CT molecular complexity index is 1170. The number of fused-ring (bicyclic) bond motifs is 1. The lowest BCUT2D eigenvalue weighted by molar-refractivity contribution is -0.118. The average molecular weight is 435 g/mol. The molecule has 1 aliphatic carbocycles. The van der Waals surface area contributed by atoms with Crippen LogP contribution in [0, 0.1) is 16.7 Å². The van der Waals surface area contributed by atoms with Gasteiger partial charge in [-0.15, -0.1) is 0 Å². The number of aromatic nitrogens is 2. The van der Waals surface area contributed by atoms with Crippen LogP contribution in [0.5, 0.6) is 0 Å². The quantitative estimate of drug-likeness (QED) is 0.533. The molecule has 2 heterocycles. The Morgan fingerprint density at radius 1 is 1.26 bits per heavy atom. The molecule has 2 aromatic rings. The number of H-pyrrole nitrogens is 1. The zero-order valence-electron chi connectivity index (χ0n) is 18.2. The maximum Gasteiger partial charge on any atom is 0.257 e. The van der Waals surface area contributed by atoms with Crippen molar-refractivity contribution in [2.75, 3.05) is 5.32 Å². The van der Waals surface area contributed by atoms with Crippen LogP contribution in [-0.4, -0.2) is 21.0 Å². The molecule has 0 spiro atoms. The van der Waals surface area contributed by atoms with Gasteiger partial charge in [0, 0.05) is 28.9 Å². The minimum atomic E-state index is -0.499. The Morgan fingerprint density at radius 2 is 1.97 bits per heavy atom. The number of thioether (sulfide) groups is 1. The molecular weight excluding hydrogens is 408 g/mol. The van der Waals surface area contributed by atoms with Gasteiger partial charge < -0.3 is 10.3 Å². The molecule has 1 aliphatic heterocycles. The van der Waals surface area contributed by atoms with Crippen LogP contribution in [0.3, 0.4) is 0 Å². The number of carbonyl (C=O) groups excluding carboxylic acids is 1. The van der Waals surface area contributed by atoms with Crippen LogP contribution in [0.25, 0.3) is 0 Å². The Hall–Kier alpha value is -2.85. The van der Waals surface area contributed by atoms with Crippen molar-refractivity contribution in [2.24, 2.45) is 5.41 Å². The predicted octanol–water partition coefficient (Wildman–Crippen LogP) is 4.73. The summed E-state index contributed by atoms with van der Waals surface area (Å²) in [7, 11) is 0. The molecule has 0 saturated heterocycles. The third kappa shape index (κ3) is 4.05. The minimum Gasteiger partial charge on any atom is -0.343 e. The first-order valence-corrected chi connectivity index (χ1v) is 11.4. The van der Waals surface area contributed by atoms with Gasteiger partial charge in [0.25, 0.3) is 5.56 Å². The summed E-state index contributed by atoms with van der Waals surface area (Å²) in [6, 6.07) is 9.23. The summed E-state index contributed by atoms with van der Waals surface area (Å²) < 4.78 is 0. The highest BCUT2D eigenvalue weighted by atomic mass is 32.2. The molecule has 31 heavy (non-hydrogen) atoms. The number of nitriles is 1. The number of rotatable bonds is 4. The Morgan fingerprint density at radius 3 is 2.61 bits per heavy atom. The lowest BCUT2D eigenvalue weighted by atomic mass is 9.69. The largest absolute Gasteiger partial charge is 0.343 e. The first-order chi connectivity index (χ1) is 14.7. The van der Waals surface area contributed by atoms with Gasteiger partial charge in [-0.05, 0) is 36.0 Å². The van der Waals surface area contributed by atoms with Crippen LogP contribution in [0.4, 0.5) is 5.82 Å². The van der Waals surface area contributed by atoms with E-state index in [1.165, 1.54) is 11.8 Å². The number of anilines is 1. The maximum atomic E-state index is 13.2. The second-order valence-electron chi connectivity index (χ2n) is 9.10. The van der Waals surface area contributed by atoms with E-state index < -0.39 is 5.92 Å². The predicted molar refractivity (Wildman–Crippen MR) is 122 cm³/mol.